The molecule has 0 bridgehead atoms. The van der Waals surface area contributed by atoms with Gasteiger partial charge in [-0.05, 0) is 63.0 Å². The van der Waals surface area contributed by atoms with Crippen molar-refractivity contribution in [3.8, 4) is 0 Å². The maximum atomic E-state index is 12.0. The molecule has 3 rings (SSSR count). The molecule has 2 fully saturated rings. The number of hydrogen-bond acceptors (Lipinski definition) is 4. The molecule has 0 aliphatic heterocycles. The highest BCUT2D eigenvalue weighted by Gasteiger charge is 2.25. The van der Waals surface area contributed by atoms with Crippen LogP contribution in [0.25, 0.3) is 0 Å². The van der Waals surface area contributed by atoms with Crippen molar-refractivity contribution in [1.29, 1.82) is 0 Å². The smallest absolute Gasteiger partial charge is 0.163 e. The van der Waals surface area contributed by atoms with Crippen molar-refractivity contribution in [2.75, 3.05) is 11.9 Å². The van der Waals surface area contributed by atoms with Crippen molar-refractivity contribution >= 4 is 11.6 Å². The number of anilines is 1. The van der Waals surface area contributed by atoms with Gasteiger partial charge in [0.05, 0.1) is 5.56 Å². The van der Waals surface area contributed by atoms with Crippen molar-refractivity contribution in [2.45, 2.75) is 89.6 Å². The number of hydrogen-bond donors (Lipinski definition) is 2. The quantitative estimate of drug-likeness (QED) is 0.640. The van der Waals surface area contributed by atoms with Crippen molar-refractivity contribution in [3.05, 3.63) is 23.4 Å². The molecular weight excluding hydrogens is 310 g/mol. The standard InChI is InChI=1S/C21H33N3O/c1-3-18(24-19-7-5-4-6-8-19)11-12-22-21-20(15(2)25)13-17(14-23-21)16-9-10-16/h13-14,16,18-19,24H,3-12H2,1-2H3,(H,22,23). The number of carbonyl (C=O) groups is 1. The first-order valence-electron chi connectivity index (χ1n) is 10.2. The van der Waals surface area contributed by atoms with E-state index in [-0.39, 0.29) is 5.78 Å². The number of pyridine rings is 1. The minimum Gasteiger partial charge on any atom is -0.369 e. The van der Waals surface area contributed by atoms with Crippen LogP contribution >= 0.6 is 0 Å². The van der Waals surface area contributed by atoms with E-state index < -0.39 is 0 Å². The molecule has 1 aromatic rings. The molecule has 2 saturated carbocycles. The summed E-state index contributed by atoms with van der Waals surface area (Å²) in [5.41, 5.74) is 1.97. The summed E-state index contributed by atoms with van der Waals surface area (Å²) in [6, 6.07) is 3.29. The van der Waals surface area contributed by atoms with Gasteiger partial charge >= 0.3 is 0 Å². The van der Waals surface area contributed by atoms with Gasteiger partial charge in [0.15, 0.2) is 5.78 Å². The van der Waals surface area contributed by atoms with Gasteiger partial charge in [-0.3, -0.25) is 4.79 Å². The van der Waals surface area contributed by atoms with Gasteiger partial charge in [-0.15, -0.1) is 0 Å². The molecule has 138 valence electrons. The van der Waals surface area contributed by atoms with Crippen molar-refractivity contribution in [1.82, 2.24) is 10.3 Å². The van der Waals surface area contributed by atoms with Crippen LogP contribution in [0.5, 0.6) is 0 Å². The molecular formula is C21H33N3O. The fourth-order valence-corrected chi connectivity index (χ4v) is 3.90. The molecule has 0 radical (unpaired) electrons. The summed E-state index contributed by atoms with van der Waals surface area (Å²) < 4.78 is 0. The lowest BCUT2D eigenvalue weighted by Gasteiger charge is -2.28. The van der Waals surface area contributed by atoms with Gasteiger partial charge in [-0.25, -0.2) is 4.98 Å². The summed E-state index contributed by atoms with van der Waals surface area (Å²) in [6.45, 7) is 4.75. The molecule has 1 atom stereocenters. The van der Waals surface area contributed by atoms with Gasteiger partial charge in [-0.2, -0.15) is 0 Å². The average Bonchev–Trinajstić information content (AvgIpc) is 3.47. The second-order valence-corrected chi connectivity index (χ2v) is 7.82. The van der Waals surface area contributed by atoms with Crippen LogP contribution in [0.2, 0.25) is 0 Å². The fraction of sp³-hybridized carbons (Fsp3) is 0.714. The van der Waals surface area contributed by atoms with Crippen molar-refractivity contribution in [3.63, 3.8) is 0 Å². The predicted molar refractivity (Wildman–Crippen MR) is 103 cm³/mol. The second-order valence-electron chi connectivity index (χ2n) is 7.82. The normalized spacial score (nSPS) is 19.6. The number of nitrogens with zero attached hydrogens (tertiary/aromatic N) is 1. The Hall–Kier alpha value is -1.42. The zero-order valence-corrected chi connectivity index (χ0v) is 15.8. The predicted octanol–water partition coefficient (Wildman–Crippen LogP) is 4.66. The summed E-state index contributed by atoms with van der Waals surface area (Å²) in [7, 11) is 0. The van der Waals surface area contributed by atoms with Gasteiger partial charge in [-0.1, -0.05) is 26.2 Å². The first-order valence-corrected chi connectivity index (χ1v) is 10.2. The van der Waals surface area contributed by atoms with Crippen LogP contribution in [0, 0.1) is 0 Å². The third-order valence-corrected chi connectivity index (χ3v) is 5.69. The maximum Gasteiger partial charge on any atom is 0.163 e. The van der Waals surface area contributed by atoms with Crippen molar-refractivity contribution in [2.24, 2.45) is 0 Å². The monoisotopic (exact) mass is 343 g/mol. The molecule has 2 aliphatic rings. The SMILES string of the molecule is CCC(CCNc1ncc(C2CC2)cc1C(C)=O)NC1CCCCC1. The third kappa shape index (κ3) is 5.27. The Balaban J connectivity index is 1.52. The number of carbonyl (C=O) groups excluding carboxylic acids is 1. The summed E-state index contributed by atoms with van der Waals surface area (Å²) in [6.07, 6.45) is 13.4. The van der Waals surface area contributed by atoms with Crippen LogP contribution < -0.4 is 10.6 Å². The van der Waals surface area contributed by atoms with E-state index in [1.165, 1.54) is 50.5 Å². The van der Waals surface area contributed by atoms with Gasteiger partial charge in [0.2, 0.25) is 0 Å². The Morgan fingerprint density at radius 2 is 2.00 bits per heavy atom. The largest absolute Gasteiger partial charge is 0.369 e. The van der Waals surface area contributed by atoms with Gasteiger partial charge in [0.25, 0.3) is 0 Å². The molecule has 4 heteroatoms. The molecule has 1 unspecified atom stereocenters. The Labute approximate surface area is 152 Å². The first-order chi connectivity index (χ1) is 12.2. The van der Waals surface area contributed by atoms with E-state index in [1.54, 1.807) is 6.92 Å². The van der Waals surface area contributed by atoms with E-state index in [9.17, 15) is 4.79 Å². The Morgan fingerprint density at radius 1 is 1.24 bits per heavy atom. The lowest BCUT2D eigenvalue weighted by molar-refractivity contribution is 0.101. The van der Waals surface area contributed by atoms with Crippen LogP contribution in [-0.4, -0.2) is 29.4 Å². The number of nitrogens with one attached hydrogen (secondary N) is 2. The number of aromatic nitrogens is 1. The average molecular weight is 344 g/mol. The number of rotatable bonds is 9. The lowest BCUT2D eigenvalue weighted by atomic mass is 9.94. The van der Waals surface area contributed by atoms with E-state index in [0.29, 0.717) is 18.0 Å². The summed E-state index contributed by atoms with van der Waals surface area (Å²) in [4.78, 5) is 16.5. The van der Waals surface area contributed by atoms with E-state index in [1.807, 2.05) is 12.3 Å². The molecule has 1 aromatic heterocycles. The van der Waals surface area contributed by atoms with Crippen LogP contribution in [0.4, 0.5) is 5.82 Å². The Bertz CT molecular complexity index is 577. The third-order valence-electron chi connectivity index (χ3n) is 5.69. The van der Waals surface area contributed by atoms with Gasteiger partial charge in [0, 0.05) is 24.8 Å². The highest BCUT2D eigenvalue weighted by Crippen LogP contribution is 2.40. The highest BCUT2D eigenvalue weighted by molar-refractivity contribution is 5.98. The lowest BCUT2D eigenvalue weighted by Crippen LogP contribution is -2.40. The van der Waals surface area contributed by atoms with Gasteiger partial charge < -0.3 is 10.6 Å². The zero-order valence-electron chi connectivity index (χ0n) is 15.8. The van der Waals surface area contributed by atoms with E-state index in [2.05, 4.69) is 22.5 Å². The maximum absolute atomic E-state index is 12.0. The molecule has 2 N–H and O–H groups in total. The topological polar surface area (TPSA) is 54.0 Å². The Morgan fingerprint density at radius 3 is 2.64 bits per heavy atom. The fourth-order valence-electron chi connectivity index (χ4n) is 3.90. The first kappa shape index (κ1) is 18.4. The molecule has 4 nitrogen and oxygen atoms in total. The van der Waals surface area contributed by atoms with Crippen LogP contribution in [0.15, 0.2) is 12.3 Å². The summed E-state index contributed by atoms with van der Waals surface area (Å²) in [5.74, 6) is 1.48. The van der Waals surface area contributed by atoms with E-state index in [0.717, 1.165) is 30.8 Å². The zero-order chi connectivity index (χ0) is 17.6. The molecule has 2 aliphatic carbocycles. The molecule has 0 amide bonds. The highest BCUT2D eigenvalue weighted by atomic mass is 16.1. The van der Waals surface area contributed by atoms with Gasteiger partial charge in [0.1, 0.15) is 5.82 Å². The molecule has 0 aromatic carbocycles. The number of Topliss-reactive ketones (excluding diaryl/α,β-unsaturated/α-hetero) is 1. The Kier molecular flexibility index (Phi) is 6.46. The molecule has 0 spiro atoms. The van der Waals surface area contributed by atoms with E-state index in [4.69, 9.17) is 0 Å². The summed E-state index contributed by atoms with van der Waals surface area (Å²) >= 11 is 0. The van der Waals surface area contributed by atoms with Crippen molar-refractivity contribution < 1.29 is 4.79 Å². The number of ketones is 1. The minimum atomic E-state index is 0.102. The van der Waals surface area contributed by atoms with Crippen LogP contribution in [0.3, 0.4) is 0 Å². The minimum absolute atomic E-state index is 0.102. The van der Waals surface area contributed by atoms with Crippen LogP contribution in [-0.2, 0) is 0 Å². The van der Waals surface area contributed by atoms with Crippen LogP contribution in [0.1, 0.15) is 93.5 Å². The molecule has 0 saturated heterocycles. The summed E-state index contributed by atoms with van der Waals surface area (Å²) in [5, 5.41) is 7.25. The van der Waals surface area contributed by atoms with E-state index >= 15 is 0 Å². The second kappa shape index (κ2) is 8.79. The molecule has 25 heavy (non-hydrogen) atoms. The molecule has 1 heterocycles.